The van der Waals surface area contributed by atoms with E-state index in [4.69, 9.17) is 15.2 Å². The number of benzene rings is 1. The Morgan fingerprint density at radius 2 is 1.94 bits per heavy atom. The molecule has 2 N–H and O–H groups in total. The number of halogens is 1. The minimum atomic E-state index is -0.275. The number of hydrogen-bond donors (Lipinski definition) is 1. The summed E-state index contributed by atoms with van der Waals surface area (Å²) in [4.78, 5) is 0. The van der Waals surface area contributed by atoms with Gasteiger partial charge in [-0.3, -0.25) is 0 Å². The number of rotatable bonds is 8. The van der Waals surface area contributed by atoms with Crippen LogP contribution in [0.15, 0.2) is 18.2 Å². The predicted octanol–water partition coefficient (Wildman–Crippen LogP) is 2.13. The molecule has 0 heterocycles. The Kier molecular flexibility index (Phi) is 6.58. The molecule has 96 valence electrons. The molecule has 0 atom stereocenters. The molecule has 0 unspecified atom stereocenters. The molecule has 17 heavy (non-hydrogen) atoms. The summed E-state index contributed by atoms with van der Waals surface area (Å²) in [6.07, 6.45) is 2.51. The Labute approximate surface area is 102 Å². The molecule has 0 saturated carbocycles. The van der Waals surface area contributed by atoms with Crippen molar-refractivity contribution in [2.45, 2.75) is 19.3 Å². The molecule has 0 aliphatic heterocycles. The van der Waals surface area contributed by atoms with Crippen molar-refractivity contribution in [2.75, 3.05) is 26.9 Å². The Morgan fingerprint density at radius 1 is 1.18 bits per heavy atom. The van der Waals surface area contributed by atoms with Crippen LogP contribution in [0, 0.1) is 5.82 Å². The van der Waals surface area contributed by atoms with Gasteiger partial charge in [-0.2, -0.15) is 0 Å². The fraction of sp³-hybridized carbons (Fsp3) is 0.538. The van der Waals surface area contributed by atoms with Crippen LogP contribution in [0.2, 0.25) is 0 Å². The van der Waals surface area contributed by atoms with Gasteiger partial charge in [-0.1, -0.05) is 0 Å². The minimum Gasteiger partial charge on any atom is -0.493 e. The lowest BCUT2D eigenvalue weighted by Gasteiger charge is -2.08. The highest BCUT2D eigenvalue weighted by Crippen LogP contribution is 2.17. The smallest absolute Gasteiger partial charge is 0.127 e. The van der Waals surface area contributed by atoms with Crippen molar-refractivity contribution in [1.82, 2.24) is 0 Å². The molecular weight excluding hydrogens is 221 g/mol. The molecule has 0 amide bonds. The fourth-order valence-electron chi connectivity index (χ4n) is 1.55. The minimum absolute atomic E-state index is 0.275. The summed E-state index contributed by atoms with van der Waals surface area (Å²) in [6.45, 7) is 1.82. The standard InChI is InChI=1S/C13H20FNO2/c1-16-6-2-3-7-17-13-9-11(4-5-15)8-12(14)10-13/h8-10H,2-7,15H2,1H3. The molecule has 0 bridgehead atoms. The molecule has 0 radical (unpaired) electrons. The average molecular weight is 241 g/mol. The van der Waals surface area contributed by atoms with Gasteiger partial charge in [0.25, 0.3) is 0 Å². The molecule has 0 fully saturated rings. The molecule has 0 aliphatic rings. The molecule has 0 saturated heterocycles. The van der Waals surface area contributed by atoms with Gasteiger partial charge in [-0.05, 0) is 43.5 Å². The van der Waals surface area contributed by atoms with Gasteiger partial charge >= 0.3 is 0 Å². The van der Waals surface area contributed by atoms with Crippen LogP contribution >= 0.6 is 0 Å². The molecule has 1 rings (SSSR count). The van der Waals surface area contributed by atoms with Gasteiger partial charge in [0.05, 0.1) is 6.61 Å². The maximum atomic E-state index is 13.2. The third-order valence-electron chi connectivity index (χ3n) is 2.38. The second-order valence-electron chi connectivity index (χ2n) is 3.88. The summed E-state index contributed by atoms with van der Waals surface area (Å²) in [5.74, 6) is 0.300. The van der Waals surface area contributed by atoms with Crippen LogP contribution in [-0.2, 0) is 11.2 Å². The van der Waals surface area contributed by atoms with Crippen molar-refractivity contribution in [3.63, 3.8) is 0 Å². The van der Waals surface area contributed by atoms with E-state index in [1.165, 1.54) is 12.1 Å². The summed E-state index contributed by atoms with van der Waals surface area (Å²) in [5, 5.41) is 0. The van der Waals surface area contributed by atoms with Crippen molar-refractivity contribution in [3.05, 3.63) is 29.6 Å². The first-order valence-corrected chi connectivity index (χ1v) is 5.87. The summed E-state index contributed by atoms with van der Waals surface area (Å²) in [7, 11) is 1.67. The molecule has 1 aromatic rings. The monoisotopic (exact) mass is 241 g/mol. The number of methoxy groups -OCH3 is 1. The van der Waals surface area contributed by atoms with Crippen LogP contribution in [0.5, 0.6) is 5.75 Å². The largest absolute Gasteiger partial charge is 0.493 e. The third kappa shape index (κ3) is 5.65. The van der Waals surface area contributed by atoms with E-state index in [1.807, 2.05) is 6.07 Å². The molecular formula is C13H20FNO2. The van der Waals surface area contributed by atoms with Gasteiger partial charge in [0.2, 0.25) is 0 Å². The summed E-state index contributed by atoms with van der Waals surface area (Å²) < 4.78 is 23.7. The quantitative estimate of drug-likeness (QED) is 0.709. The first kappa shape index (κ1) is 13.9. The van der Waals surface area contributed by atoms with Gasteiger partial charge in [-0.15, -0.1) is 0 Å². The zero-order chi connectivity index (χ0) is 12.5. The molecule has 0 aromatic heterocycles. The zero-order valence-electron chi connectivity index (χ0n) is 10.2. The van der Waals surface area contributed by atoms with E-state index < -0.39 is 0 Å². The maximum Gasteiger partial charge on any atom is 0.127 e. The van der Waals surface area contributed by atoms with Crippen molar-refractivity contribution in [3.8, 4) is 5.75 Å². The van der Waals surface area contributed by atoms with E-state index in [0.29, 0.717) is 25.3 Å². The second-order valence-corrected chi connectivity index (χ2v) is 3.88. The highest BCUT2D eigenvalue weighted by Gasteiger charge is 2.01. The number of unbranched alkanes of at least 4 members (excludes halogenated alkanes) is 1. The first-order chi connectivity index (χ1) is 8.26. The van der Waals surface area contributed by atoms with E-state index in [1.54, 1.807) is 7.11 Å². The zero-order valence-corrected chi connectivity index (χ0v) is 10.2. The van der Waals surface area contributed by atoms with Crippen LogP contribution < -0.4 is 10.5 Å². The molecule has 0 spiro atoms. The molecule has 3 nitrogen and oxygen atoms in total. The van der Waals surface area contributed by atoms with Crippen LogP contribution in [0.4, 0.5) is 4.39 Å². The third-order valence-corrected chi connectivity index (χ3v) is 2.38. The lowest BCUT2D eigenvalue weighted by molar-refractivity contribution is 0.184. The highest BCUT2D eigenvalue weighted by molar-refractivity contribution is 5.29. The fourth-order valence-corrected chi connectivity index (χ4v) is 1.55. The Bertz CT molecular complexity index is 331. The van der Waals surface area contributed by atoms with Gasteiger partial charge in [0.1, 0.15) is 11.6 Å². The van der Waals surface area contributed by atoms with Crippen LogP contribution in [-0.4, -0.2) is 26.9 Å². The highest BCUT2D eigenvalue weighted by atomic mass is 19.1. The van der Waals surface area contributed by atoms with Crippen LogP contribution in [0.3, 0.4) is 0 Å². The molecule has 0 aliphatic carbocycles. The second kappa shape index (κ2) is 8.03. The summed E-state index contributed by atoms with van der Waals surface area (Å²) in [5.41, 5.74) is 6.31. The van der Waals surface area contributed by atoms with Gasteiger partial charge in [0, 0.05) is 19.8 Å². The molecule has 4 heteroatoms. The van der Waals surface area contributed by atoms with E-state index in [9.17, 15) is 4.39 Å². The predicted molar refractivity (Wildman–Crippen MR) is 65.8 cm³/mol. The Hall–Kier alpha value is -1.13. The van der Waals surface area contributed by atoms with E-state index >= 15 is 0 Å². The number of ether oxygens (including phenoxy) is 2. The van der Waals surface area contributed by atoms with E-state index in [2.05, 4.69) is 0 Å². The summed E-state index contributed by atoms with van der Waals surface area (Å²) >= 11 is 0. The van der Waals surface area contributed by atoms with Crippen molar-refractivity contribution in [1.29, 1.82) is 0 Å². The number of nitrogens with two attached hydrogens (primary N) is 1. The molecule has 1 aromatic carbocycles. The summed E-state index contributed by atoms with van der Waals surface area (Å²) in [6, 6.07) is 4.73. The van der Waals surface area contributed by atoms with Gasteiger partial charge in [0.15, 0.2) is 0 Å². The SMILES string of the molecule is COCCCCOc1cc(F)cc(CCN)c1. The van der Waals surface area contributed by atoms with Crippen molar-refractivity contribution >= 4 is 0 Å². The Balaban J connectivity index is 2.41. The van der Waals surface area contributed by atoms with Gasteiger partial charge < -0.3 is 15.2 Å². The van der Waals surface area contributed by atoms with Gasteiger partial charge in [-0.25, -0.2) is 4.39 Å². The average Bonchev–Trinajstić information content (AvgIpc) is 2.28. The Morgan fingerprint density at radius 3 is 2.65 bits per heavy atom. The van der Waals surface area contributed by atoms with Crippen molar-refractivity contribution < 1.29 is 13.9 Å². The first-order valence-electron chi connectivity index (χ1n) is 5.87. The lowest BCUT2D eigenvalue weighted by Crippen LogP contribution is -2.04. The maximum absolute atomic E-state index is 13.2. The lowest BCUT2D eigenvalue weighted by atomic mass is 10.1. The normalized spacial score (nSPS) is 10.5. The van der Waals surface area contributed by atoms with Crippen LogP contribution in [0.25, 0.3) is 0 Å². The van der Waals surface area contributed by atoms with E-state index in [-0.39, 0.29) is 5.82 Å². The van der Waals surface area contributed by atoms with Crippen molar-refractivity contribution in [2.24, 2.45) is 5.73 Å². The van der Waals surface area contributed by atoms with Crippen LogP contribution in [0.1, 0.15) is 18.4 Å². The van der Waals surface area contributed by atoms with E-state index in [0.717, 1.165) is 25.0 Å². The number of hydrogen-bond acceptors (Lipinski definition) is 3. The topological polar surface area (TPSA) is 44.5 Å².